The van der Waals surface area contributed by atoms with Crippen LogP contribution in [0.5, 0.6) is 0 Å². The molecule has 2 rings (SSSR count). The number of benzene rings is 2. The molecule has 2 aromatic rings. The number of sulfonamides is 1. The zero-order valence-electron chi connectivity index (χ0n) is 10.4. The van der Waals surface area contributed by atoms with E-state index in [-0.39, 0.29) is 4.90 Å². The minimum absolute atomic E-state index is 0.0455. The van der Waals surface area contributed by atoms with Gasteiger partial charge < -0.3 is 10.2 Å². The van der Waals surface area contributed by atoms with Gasteiger partial charge in [-0.3, -0.25) is 4.79 Å². The van der Waals surface area contributed by atoms with Gasteiger partial charge in [0.05, 0.1) is 11.5 Å². The van der Waals surface area contributed by atoms with E-state index in [0.717, 1.165) is 10.8 Å². The quantitative estimate of drug-likeness (QED) is 0.748. The maximum absolute atomic E-state index is 12.1. The van der Waals surface area contributed by atoms with Gasteiger partial charge in [0.2, 0.25) is 10.0 Å². The molecule has 0 aliphatic carbocycles. The first kappa shape index (κ1) is 14.4. The standard InChI is InChI=1S/C13H13NO5S/c15-8-12(13(16)17)14-20(18,19)11-6-5-9-3-1-2-4-10(9)7-11/h1-7,12,14-15H,8H2,(H,16,17)/t12-/m1/s1. The van der Waals surface area contributed by atoms with Gasteiger partial charge in [0, 0.05) is 0 Å². The zero-order chi connectivity index (χ0) is 14.8. The van der Waals surface area contributed by atoms with Crippen molar-refractivity contribution in [2.24, 2.45) is 0 Å². The van der Waals surface area contributed by atoms with E-state index >= 15 is 0 Å². The fraction of sp³-hybridized carbons (Fsp3) is 0.154. The molecule has 20 heavy (non-hydrogen) atoms. The lowest BCUT2D eigenvalue weighted by Crippen LogP contribution is -2.43. The highest BCUT2D eigenvalue weighted by Gasteiger charge is 2.24. The normalized spacial score (nSPS) is 13.2. The lowest BCUT2D eigenvalue weighted by molar-refractivity contribution is -0.139. The highest BCUT2D eigenvalue weighted by atomic mass is 32.2. The van der Waals surface area contributed by atoms with Crippen molar-refractivity contribution in [1.82, 2.24) is 4.72 Å². The average Bonchev–Trinajstić information content (AvgIpc) is 2.44. The van der Waals surface area contributed by atoms with Crippen molar-refractivity contribution in [2.45, 2.75) is 10.9 Å². The molecule has 1 atom stereocenters. The summed E-state index contributed by atoms with van der Waals surface area (Å²) in [7, 11) is -4.00. The average molecular weight is 295 g/mol. The van der Waals surface area contributed by atoms with Gasteiger partial charge in [-0.1, -0.05) is 30.3 Å². The second-order valence-corrected chi connectivity index (χ2v) is 5.92. The molecule has 0 saturated heterocycles. The molecule has 7 heteroatoms. The molecule has 0 aliphatic rings. The maximum Gasteiger partial charge on any atom is 0.324 e. The van der Waals surface area contributed by atoms with E-state index in [4.69, 9.17) is 10.2 Å². The summed E-state index contributed by atoms with van der Waals surface area (Å²) in [5, 5.41) is 19.2. The highest BCUT2D eigenvalue weighted by molar-refractivity contribution is 7.89. The molecule has 0 aliphatic heterocycles. The predicted molar refractivity (Wildman–Crippen MR) is 72.8 cm³/mol. The molecule has 0 amide bonds. The molecule has 106 valence electrons. The Labute approximate surface area is 115 Å². The van der Waals surface area contributed by atoms with Crippen LogP contribution in [0.1, 0.15) is 0 Å². The molecule has 6 nitrogen and oxygen atoms in total. The number of aliphatic hydroxyl groups is 1. The van der Waals surface area contributed by atoms with Gasteiger partial charge in [-0.15, -0.1) is 0 Å². The molecular formula is C13H13NO5S. The van der Waals surface area contributed by atoms with Crippen LogP contribution in [0, 0.1) is 0 Å². The minimum atomic E-state index is -4.00. The Balaban J connectivity index is 2.38. The summed E-state index contributed by atoms with van der Waals surface area (Å²) in [6.07, 6.45) is 0. The smallest absolute Gasteiger partial charge is 0.324 e. The van der Waals surface area contributed by atoms with E-state index in [1.54, 1.807) is 18.2 Å². The molecular weight excluding hydrogens is 282 g/mol. The van der Waals surface area contributed by atoms with Crippen molar-refractivity contribution < 1.29 is 23.4 Å². The Bertz CT molecular complexity index is 741. The molecule has 0 spiro atoms. The van der Waals surface area contributed by atoms with E-state index in [0.29, 0.717) is 0 Å². The Morgan fingerprint density at radius 3 is 2.40 bits per heavy atom. The number of aliphatic carboxylic acids is 1. The lowest BCUT2D eigenvalue weighted by Gasteiger charge is -2.12. The van der Waals surface area contributed by atoms with Gasteiger partial charge in [-0.25, -0.2) is 8.42 Å². The van der Waals surface area contributed by atoms with Crippen molar-refractivity contribution in [3.05, 3.63) is 42.5 Å². The van der Waals surface area contributed by atoms with Crippen molar-refractivity contribution in [2.75, 3.05) is 6.61 Å². The number of rotatable bonds is 5. The van der Waals surface area contributed by atoms with Crippen LogP contribution < -0.4 is 4.72 Å². The molecule has 3 N–H and O–H groups in total. The second kappa shape index (κ2) is 5.58. The summed E-state index contributed by atoms with van der Waals surface area (Å²) in [5.74, 6) is -1.43. The van der Waals surface area contributed by atoms with Gasteiger partial charge in [-0.2, -0.15) is 4.72 Å². The third-order valence-corrected chi connectivity index (χ3v) is 4.28. The van der Waals surface area contributed by atoms with E-state index in [1.807, 2.05) is 16.9 Å². The number of carbonyl (C=O) groups is 1. The molecule has 0 bridgehead atoms. The topological polar surface area (TPSA) is 104 Å². The van der Waals surface area contributed by atoms with E-state index in [9.17, 15) is 13.2 Å². The van der Waals surface area contributed by atoms with Crippen molar-refractivity contribution in [1.29, 1.82) is 0 Å². The van der Waals surface area contributed by atoms with Crippen LogP contribution in [0.3, 0.4) is 0 Å². The zero-order valence-corrected chi connectivity index (χ0v) is 11.2. The van der Waals surface area contributed by atoms with Crippen LogP contribution in [0.2, 0.25) is 0 Å². The summed E-state index contributed by atoms with van der Waals surface area (Å²) in [4.78, 5) is 10.7. The summed E-state index contributed by atoms with van der Waals surface area (Å²) in [5.41, 5.74) is 0. The van der Waals surface area contributed by atoms with Gasteiger partial charge in [0.15, 0.2) is 0 Å². The molecule has 0 aromatic heterocycles. The number of nitrogens with one attached hydrogen (secondary N) is 1. The van der Waals surface area contributed by atoms with Crippen molar-refractivity contribution in [3.8, 4) is 0 Å². The molecule has 0 unspecified atom stereocenters. The highest BCUT2D eigenvalue weighted by Crippen LogP contribution is 2.19. The van der Waals surface area contributed by atoms with Gasteiger partial charge in [-0.05, 0) is 22.9 Å². The molecule has 0 heterocycles. The number of aliphatic hydroxyl groups excluding tert-OH is 1. The fourth-order valence-electron chi connectivity index (χ4n) is 1.76. The first-order valence-electron chi connectivity index (χ1n) is 5.79. The van der Waals surface area contributed by atoms with Crippen LogP contribution in [0.4, 0.5) is 0 Å². The third-order valence-electron chi connectivity index (χ3n) is 2.81. The summed E-state index contributed by atoms with van der Waals surface area (Å²) >= 11 is 0. The van der Waals surface area contributed by atoms with Crippen LogP contribution >= 0.6 is 0 Å². The third kappa shape index (κ3) is 2.96. The SMILES string of the molecule is O=C(O)[C@@H](CO)NS(=O)(=O)c1ccc2ccccc2c1. The van der Waals surface area contributed by atoms with E-state index in [2.05, 4.69) is 0 Å². The molecule has 0 fully saturated rings. The maximum atomic E-state index is 12.1. The first-order chi connectivity index (χ1) is 9.44. The first-order valence-corrected chi connectivity index (χ1v) is 7.27. The summed E-state index contributed by atoms with van der Waals surface area (Å²) in [6.45, 7) is -0.817. The number of carboxylic acid groups (broad SMARTS) is 1. The number of hydrogen-bond acceptors (Lipinski definition) is 4. The molecule has 0 saturated carbocycles. The monoisotopic (exact) mass is 295 g/mol. The summed E-state index contributed by atoms with van der Waals surface area (Å²) < 4.78 is 26.1. The van der Waals surface area contributed by atoms with Gasteiger partial charge >= 0.3 is 5.97 Å². The van der Waals surface area contributed by atoms with E-state index < -0.39 is 28.6 Å². The summed E-state index contributed by atoms with van der Waals surface area (Å²) in [6, 6.07) is 10.1. The Morgan fingerprint density at radius 2 is 1.80 bits per heavy atom. The van der Waals surface area contributed by atoms with Gasteiger partial charge in [0.1, 0.15) is 6.04 Å². The largest absolute Gasteiger partial charge is 0.480 e. The lowest BCUT2D eigenvalue weighted by atomic mass is 10.1. The Kier molecular flexibility index (Phi) is 4.03. The van der Waals surface area contributed by atoms with Crippen LogP contribution in [0.15, 0.2) is 47.4 Å². The number of hydrogen-bond donors (Lipinski definition) is 3. The molecule has 2 aromatic carbocycles. The fourth-order valence-corrected chi connectivity index (χ4v) is 2.97. The Hall–Kier alpha value is -1.96. The molecule has 0 radical (unpaired) electrons. The van der Waals surface area contributed by atoms with Crippen LogP contribution in [-0.4, -0.2) is 37.2 Å². The number of carboxylic acids is 1. The second-order valence-electron chi connectivity index (χ2n) is 4.20. The Morgan fingerprint density at radius 1 is 1.15 bits per heavy atom. The predicted octanol–water partition coefficient (Wildman–Crippen LogP) is 0.564. The number of fused-ring (bicyclic) bond motifs is 1. The minimum Gasteiger partial charge on any atom is -0.480 e. The van der Waals surface area contributed by atoms with Gasteiger partial charge in [0.25, 0.3) is 0 Å². The van der Waals surface area contributed by atoms with Crippen LogP contribution in [0.25, 0.3) is 10.8 Å². The van der Waals surface area contributed by atoms with E-state index in [1.165, 1.54) is 12.1 Å². The van der Waals surface area contributed by atoms with Crippen LogP contribution in [-0.2, 0) is 14.8 Å². The van der Waals surface area contributed by atoms with Crippen molar-refractivity contribution in [3.63, 3.8) is 0 Å². The van der Waals surface area contributed by atoms with Crippen molar-refractivity contribution >= 4 is 26.8 Å².